The number of nitrogens with one attached hydrogen (secondary N) is 1. The lowest BCUT2D eigenvalue weighted by Gasteiger charge is -2.26. The Morgan fingerprint density at radius 2 is 1.77 bits per heavy atom. The third kappa shape index (κ3) is 7.34. The van der Waals surface area contributed by atoms with Gasteiger partial charge in [0.2, 0.25) is 11.8 Å². The number of carbonyl (C=O) groups is 3. The molecule has 0 spiro atoms. The number of benzene rings is 2. The molecular formula is C27H32N2O6. The molecule has 186 valence electrons. The summed E-state index contributed by atoms with van der Waals surface area (Å²) in [5.74, 6) is -0.525. The van der Waals surface area contributed by atoms with Crippen LogP contribution in [-0.4, -0.2) is 54.4 Å². The van der Waals surface area contributed by atoms with Crippen molar-refractivity contribution in [2.45, 2.75) is 44.7 Å². The maximum Gasteiger partial charge on any atom is 0.247 e. The minimum absolute atomic E-state index is 0.0428. The molecule has 8 nitrogen and oxygen atoms in total. The van der Waals surface area contributed by atoms with Crippen LogP contribution in [0.4, 0.5) is 0 Å². The Balaban J connectivity index is 1.75. The molecule has 8 heteroatoms. The Bertz CT molecular complexity index is 1080. The Labute approximate surface area is 205 Å². The van der Waals surface area contributed by atoms with Gasteiger partial charge < -0.3 is 24.8 Å². The molecule has 2 aromatic rings. The van der Waals surface area contributed by atoms with Crippen molar-refractivity contribution in [2.24, 2.45) is 0 Å². The van der Waals surface area contributed by atoms with Crippen LogP contribution in [0, 0.1) is 0 Å². The molecule has 0 saturated heterocycles. The maximum absolute atomic E-state index is 13.1. The van der Waals surface area contributed by atoms with E-state index in [9.17, 15) is 19.5 Å². The monoisotopic (exact) mass is 480 g/mol. The highest BCUT2D eigenvalue weighted by molar-refractivity contribution is 6.09. The zero-order valence-corrected chi connectivity index (χ0v) is 20.2. The molecule has 0 aromatic heterocycles. The standard InChI is InChI=1S/C27H32N2O6/c1-34-21-12-13-22(24(31)16-21)23(30)14-15-27(33)29(17-19-8-6-7-11-25(19)35-2)18-26(32)28-20-9-4-3-5-10-20/h6-8,11-16,20,31H,3-5,9-10,17-18H2,1-2H3,(H,28,32)/b15-14+. The molecule has 1 aliphatic carbocycles. The number of allylic oxidation sites excluding steroid dienone is 1. The van der Waals surface area contributed by atoms with E-state index < -0.39 is 11.7 Å². The number of rotatable bonds is 10. The summed E-state index contributed by atoms with van der Waals surface area (Å²) < 4.78 is 10.4. The van der Waals surface area contributed by atoms with E-state index in [0.29, 0.717) is 11.5 Å². The Hall–Kier alpha value is -3.81. The number of hydrogen-bond donors (Lipinski definition) is 2. The van der Waals surface area contributed by atoms with E-state index in [1.807, 2.05) is 18.2 Å². The largest absolute Gasteiger partial charge is 0.507 e. The number of nitrogens with zero attached hydrogens (tertiary/aromatic N) is 1. The third-order valence-corrected chi connectivity index (χ3v) is 6.02. The second-order valence-electron chi connectivity index (χ2n) is 8.49. The number of ether oxygens (including phenoxy) is 2. The van der Waals surface area contributed by atoms with Crippen LogP contribution in [0.5, 0.6) is 17.2 Å². The number of carbonyl (C=O) groups excluding carboxylic acids is 3. The van der Waals surface area contributed by atoms with E-state index >= 15 is 0 Å². The highest BCUT2D eigenvalue weighted by atomic mass is 16.5. The van der Waals surface area contributed by atoms with Gasteiger partial charge in [-0.25, -0.2) is 0 Å². The van der Waals surface area contributed by atoms with Crippen LogP contribution in [0.25, 0.3) is 0 Å². The van der Waals surface area contributed by atoms with E-state index in [-0.39, 0.29) is 36.4 Å². The minimum Gasteiger partial charge on any atom is -0.507 e. The van der Waals surface area contributed by atoms with E-state index in [4.69, 9.17) is 9.47 Å². The van der Waals surface area contributed by atoms with Gasteiger partial charge in [0.25, 0.3) is 0 Å². The van der Waals surface area contributed by atoms with Crippen LogP contribution >= 0.6 is 0 Å². The van der Waals surface area contributed by atoms with Crippen LogP contribution < -0.4 is 14.8 Å². The van der Waals surface area contributed by atoms with Gasteiger partial charge in [0.1, 0.15) is 23.8 Å². The molecule has 35 heavy (non-hydrogen) atoms. The first-order chi connectivity index (χ1) is 16.9. The van der Waals surface area contributed by atoms with Crippen molar-refractivity contribution in [1.82, 2.24) is 10.2 Å². The third-order valence-electron chi connectivity index (χ3n) is 6.02. The number of methoxy groups -OCH3 is 2. The van der Waals surface area contributed by atoms with Gasteiger partial charge in [-0.15, -0.1) is 0 Å². The molecular weight excluding hydrogens is 448 g/mol. The summed E-state index contributed by atoms with van der Waals surface area (Å²) in [5.41, 5.74) is 0.780. The number of aromatic hydroxyl groups is 1. The van der Waals surface area contributed by atoms with Crippen molar-refractivity contribution < 1.29 is 29.0 Å². The predicted molar refractivity (Wildman–Crippen MR) is 132 cm³/mol. The fourth-order valence-electron chi connectivity index (χ4n) is 4.13. The maximum atomic E-state index is 13.1. The number of phenolic OH excluding ortho intramolecular Hbond substituents is 1. The Morgan fingerprint density at radius 1 is 1.03 bits per heavy atom. The average molecular weight is 481 g/mol. The predicted octanol–water partition coefficient (Wildman–Crippen LogP) is 3.63. The summed E-state index contributed by atoms with van der Waals surface area (Å²) in [4.78, 5) is 39.8. The second-order valence-corrected chi connectivity index (χ2v) is 8.49. The number of para-hydroxylation sites is 1. The van der Waals surface area contributed by atoms with Crippen molar-refractivity contribution in [3.05, 3.63) is 65.7 Å². The molecule has 0 heterocycles. The van der Waals surface area contributed by atoms with E-state index in [1.165, 1.54) is 30.6 Å². The minimum atomic E-state index is -0.539. The van der Waals surface area contributed by atoms with Crippen LogP contribution in [-0.2, 0) is 16.1 Å². The SMILES string of the molecule is COc1ccc(C(=O)/C=C/C(=O)N(CC(=O)NC2CCCCC2)Cc2ccccc2OC)c(O)c1. The zero-order chi connectivity index (χ0) is 25.2. The first kappa shape index (κ1) is 25.8. The second kappa shape index (κ2) is 12.6. The van der Waals surface area contributed by atoms with Crippen LogP contribution in [0.15, 0.2) is 54.6 Å². The molecule has 0 unspecified atom stereocenters. The van der Waals surface area contributed by atoms with Crippen LogP contribution in [0.3, 0.4) is 0 Å². The van der Waals surface area contributed by atoms with Gasteiger partial charge in [-0.05, 0) is 37.1 Å². The smallest absolute Gasteiger partial charge is 0.247 e. The number of hydrogen-bond acceptors (Lipinski definition) is 6. The molecule has 3 rings (SSSR count). The van der Waals surface area contributed by atoms with Crippen LogP contribution in [0.1, 0.15) is 48.0 Å². The molecule has 0 aliphatic heterocycles. The fraction of sp³-hybridized carbons (Fsp3) is 0.370. The number of phenols is 1. The van der Waals surface area contributed by atoms with E-state index in [2.05, 4.69) is 5.32 Å². The van der Waals surface area contributed by atoms with Gasteiger partial charge in [-0.3, -0.25) is 14.4 Å². The molecule has 2 N–H and O–H groups in total. The Kier molecular flexibility index (Phi) is 9.29. The van der Waals surface area contributed by atoms with Gasteiger partial charge >= 0.3 is 0 Å². The summed E-state index contributed by atoms with van der Waals surface area (Å²) >= 11 is 0. The summed E-state index contributed by atoms with van der Waals surface area (Å²) in [6.07, 6.45) is 7.43. The number of amides is 2. The molecule has 1 fully saturated rings. The number of ketones is 1. The van der Waals surface area contributed by atoms with Gasteiger partial charge in [-0.1, -0.05) is 37.5 Å². The van der Waals surface area contributed by atoms with Crippen molar-refractivity contribution in [1.29, 1.82) is 0 Å². The summed E-state index contributed by atoms with van der Waals surface area (Å²) in [7, 11) is 3.00. The highest BCUT2D eigenvalue weighted by Gasteiger charge is 2.21. The van der Waals surface area contributed by atoms with Gasteiger partial charge in [-0.2, -0.15) is 0 Å². The molecule has 0 atom stereocenters. The van der Waals surface area contributed by atoms with Gasteiger partial charge in [0, 0.05) is 23.7 Å². The molecule has 0 radical (unpaired) electrons. The highest BCUT2D eigenvalue weighted by Crippen LogP contribution is 2.24. The van der Waals surface area contributed by atoms with Crippen molar-refractivity contribution in [3.8, 4) is 17.2 Å². The lowest BCUT2D eigenvalue weighted by molar-refractivity contribution is -0.133. The molecule has 0 bridgehead atoms. The van der Waals surface area contributed by atoms with Crippen LogP contribution in [0.2, 0.25) is 0 Å². The molecule has 1 aliphatic rings. The van der Waals surface area contributed by atoms with Gasteiger partial charge in [0.15, 0.2) is 5.78 Å². The fourth-order valence-corrected chi connectivity index (χ4v) is 4.13. The molecule has 2 aromatic carbocycles. The summed E-state index contributed by atoms with van der Waals surface area (Å²) in [6, 6.07) is 11.7. The first-order valence-electron chi connectivity index (χ1n) is 11.7. The van der Waals surface area contributed by atoms with Crippen molar-refractivity contribution in [2.75, 3.05) is 20.8 Å². The molecule has 2 amide bonds. The average Bonchev–Trinajstić information content (AvgIpc) is 2.87. The zero-order valence-electron chi connectivity index (χ0n) is 20.2. The normalized spacial score (nSPS) is 13.9. The molecule has 1 saturated carbocycles. The Morgan fingerprint density at radius 3 is 2.46 bits per heavy atom. The van der Waals surface area contributed by atoms with Gasteiger partial charge in [0.05, 0.1) is 26.3 Å². The quantitative estimate of drug-likeness (QED) is 0.398. The van der Waals surface area contributed by atoms with E-state index in [1.54, 1.807) is 19.2 Å². The topological polar surface area (TPSA) is 105 Å². The van der Waals surface area contributed by atoms with Crippen molar-refractivity contribution in [3.63, 3.8) is 0 Å². The lowest BCUT2D eigenvalue weighted by Crippen LogP contribution is -2.44. The summed E-state index contributed by atoms with van der Waals surface area (Å²) in [6.45, 7) is -0.0209. The summed E-state index contributed by atoms with van der Waals surface area (Å²) in [5, 5.41) is 13.1. The van der Waals surface area contributed by atoms with Crippen molar-refractivity contribution >= 4 is 17.6 Å². The lowest BCUT2D eigenvalue weighted by atomic mass is 9.95. The van der Waals surface area contributed by atoms with E-state index in [0.717, 1.165) is 43.4 Å². The first-order valence-corrected chi connectivity index (χ1v) is 11.7.